The molecule has 1 rings (SSSR count). The summed E-state index contributed by atoms with van der Waals surface area (Å²) in [4.78, 5) is 22.4. The van der Waals surface area contributed by atoms with E-state index in [1.807, 2.05) is 13.8 Å². The second-order valence-electron chi connectivity index (χ2n) is 4.72. The molecule has 0 aromatic rings. The lowest BCUT2D eigenvalue weighted by molar-refractivity contribution is -0.127. The minimum Gasteiger partial charge on any atom is -0.349 e. The number of carbonyl (C=O) groups is 2. The van der Waals surface area contributed by atoms with Gasteiger partial charge in [0.25, 0.3) is 0 Å². The minimum atomic E-state index is -0.247. The molecule has 86 valence electrons. The number of hydrogen-bond acceptors (Lipinski definition) is 2. The van der Waals surface area contributed by atoms with E-state index in [2.05, 4.69) is 5.32 Å². The van der Waals surface area contributed by atoms with Crippen LogP contribution >= 0.6 is 0 Å². The fraction of sp³-hybridized carbons (Fsp3) is 0.833. The summed E-state index contributed by atoms with van der Waals surface area (Å²) in [6.07, 6.45) is 6.45. The molecule has 0 bridgehead atoms. The molecular weight excluding hydrogens is 190 g/mol. The Morgan fingerprint density at radius 2 is 1.87 bits per heavy atom. The first-order chi connectivity index (χ1) is 7.16. The van der Waals surface area contributed by atoms with E-state index in [0.717, 1.165) is 12.8 Å². The molecule has 0 heterocycles. The molecule has 1 unspecified atom stereocenters. The summed E-state index contributed by atoms with van der Waals surface area (Å²) >= 11 is 0. The molecule has 1 saturated carbocycles. The van der Waals surface area contributed by atoms with Crippen molar-refractivity contribution in [1.29, 1.82) is 0 Å². The molecule has 0 radical (unpaired) electrons. The number of ketones is 1. The van der Waals surface area contributed by atoms with Gasteiger partial charge in [0.2, 0.25) is 6.41 Å². The second kappa shape index (κ2) is 5.89. The number of hydrogen-bond donors (Lipinski definition) is 1. The van der Waals surface area contributed by atoms with Gasteiger partial charge in [0.15, 0.2) is 5.78 Å². The van der Waals surface area contributed by atoms with Gasteiger partial charge < -0.3 is 5.32 Å². The zero-order chi connectivity index (χ0) is 11.3. The summed E-state index contributed by atoms with van der Waals surface area (Å²) in [7, 11) is 0. The van der Waals surface area contributed by atoms with E-state index < -0.39 is 0 Å². The van der Waals surface area contributed by atoms with Crippen molar-refractivity contribution in [1.82, 2.24) is 5.32 Å². The van der Waals surface area contributed by atoms with Crippen molar-refractivity contribution in [2.75, 3.05) is 0 Å². The Morgan fingerprint density at radius 1 is 1.27 bits per heavy atom. The summed E-state index contributed by atoms with van der Waals surface area (Å²) in [5.41, 5.74) is 0. The lowest BCUT2D eigenvalue weighted by Gasteiger charge is -2.29. The van der Waals surface area contributed by atoms with Crippen LogP contribution in [0.5, 0.6) is 0 Å². The number of amides is 1. The van der Waals surface area contributed by atoms with Crippen molar-refractivity contribution < 1.29 is 9.59 Å². The molecule has 1 aliphatic rings. The molecule has 0 aliphatic heterocycles. The fourth-order valence-corrected chi connectivity index (χ4v) is 2.35. The molecule has 15 heavy (non-hydrogen) atoms. The maximum absolute atomic E-state index is 11.9. The number of rotatable bonds is 5. The monoisotopic (exact) mass is 211 g/mol. The first kappa shape index (κ1) is 12.2. The van der Waals surface area contributed by atoms with Gasteiger partial charge in [-0.3, -0.25) is 9.59 Å². The highest BCUT2D eigenvalue weighted by molar-refractivity contribution is 5.87. The Labute approximate surface area is 91.6 Å². The first-order valence-electron chi connectivity index (χ1n) is 5.90. The number of Topliss-reactive ketones (excluding diaryl/α,β-unsaturated/α-hetero) is 1. The van der Waals surface area contributed by atoms with Crippen molar-refractivity contribution >= 4 is 12.2 Å². The average Bonchev–Trinajstić information content (AvgIpc) is 2.26. The lowest BCUT2D eigenvalue weighted by Crippen LogP contribution is -2.44. The van der Waals surface area contributed by atoms with Crippen LogP contribution in [-0.4, -0.2) is 18.2 Å². The van der Waals surface area contributed by atoms with Crippen LogP contribution in [0.4, 0.5) is 0 Å². The van der Waals surface area contributed by atoms with E-state index in [1.54, 1.807) is 0 Å². The molecule has 1 amide bonds. The SMILES string of the molecule is CC(C)C(=O)C(NC=O)C1CCCCC1. The van der Waals surface area contributed by atoms with Crippen LogP contribution in [0.1, 0.15) is 46.0 Å². The predicted octanol–water partition coefficient (Wildman–Crippen LogP) is 1.91. The topological polar surface area (TPSA) is 46.2 Å². The van der Waals surface area contributed by atoms with Gasteiger partial charge in [0, 0.05) is 5.92 Å². The number of nitrogens with one attached hydrogen (secondary N) is 1. The molecular formula is C12H21NO2. The standard InChI is InChI=1S/C12H21NO2/c1-9(2)12(15)11(13-8-14)10-6-4-3-5-7-10/h8-11H,3-7H2,1-2H3,(H,13,14). The zero-order valence-electron chi connectivity index (χ0n) is 9.66. The Morgan fingerprint density at radius 3 is 2.33 bits per heavy atom. The molecule has 1 fully saturated rings. The fourth-order valence-electron chi connectivity index (χ4n) is 2.35. The van der Waals surface area contributed by atoms with Gasteiger partial charge in [0.1, 0.15) is 0 Å². The normalized spacial score (nSPS) is 19.9. The van der Waals surface area contributed by atoms with Gasteiger partial charge in [-0.2, -0.15) is 0 Å². The molecule has 0 spiro atoms. The largest absolute Gasteiger partial charge is 0.349 e. The van der Waals surface area contributed by atoms with Crippen molar-refractivity contribution in [2.45, 2.75) is 52.0 Å². The van der Waals surface area contributed by atoms with Crippen LogP contribution in [0, 0.1) is 11.8 Å². The van der Waals surface area contributed by atoms with Crippen LogP contribution in [0.15, 0.2) is 0 Å². The molecule has 1 N–H and O–H groups in total. The third kappa shape index (κ3) is 3.33. The number of carbonyl (C=O) groups excluding carboxylic acids is 2. The smallest absolute Gasteiger partial charge is 0.207 e. The van der Waals surface area contributed by atoms with E-state index in [-0.39, 0.29) is 17.7 Å². The summed E-state index contributed by atoms with van der Waals surface area (Å²) in [6.45, 7) is 3.79. The van der Waals surface area contributed by atoms with E-state index in [9.17, 15) is 9.59 Å². The van der Waals surface area contributed by atoms with Crippen LogP contribution in [0.25, 0.3) is 0 Å². The summed E-state index contributed by atoms with van der Waals surface area (Å²) in [5, 5.41) is 2.70. The minimum absolute atomic E-state index is 0.00405. The van der Waals surface area contributed by atoms with Crippen LogP contribution in [0.3, 0.4) is 0 Å². The highest BCUT2D eigenvalue weighted by Crippen LogP contribution is 2.27. The van der Waals surface area contributed by atoms with E-state index >= 15 is 0 Å². The van der Waals surface area contributed by atoms with Gasteiger partial charge in [0.05, 0.1) is 6.04 Å². The summed E-state index contributed by atoms with van der Waals surface area (Å²) < 4.78 is 0. The van der Waals surface area contributed by atoms with Crippen LogP contribution in [-0.2, 0) is 9.59 Å². The van der Waals surface area contributed by atoms with Crippen LogP contribution < -0.4 is 5.32 Å². The molecule has 0 aromatic heterocycles. The van der Waals surface area contributed by atoms with Crippen LogP contribution in [0.2, 0.25) is 0 Å². The molecule has 1 atom stereocenters. The van der Waals surface area contributed by atoms with Gasteiger partial charge in [-0.25, -0.2) is 0 Å². The maximum Gasteiger partial charge on any atom is 0.207 e. The molecule has 3 heteroatoms. The van der Waals surface area contributed by atoms with Crippen molar-refractivity contribution in [2.24, 2.45) is 11.8 Å². The highest BCUT2D eigenvalue weighted by Gasteiger charge is 2.30. The molecule has 0 aromatic carbocycles. The highest BCUT2D eigenvalue weighted by atomic mass is 16.1. The average molecular weight is 211 g/mol. The predicted molar refractivity (Wildman–Crippen MR) is 59.4 cm³/mol. The Bertz CT molecular complexity index is 220. The van der Waals surface area contributed by atoms with E-state index in [0.29, 0.717) is 12.3 Å². The van der Waals surface area contributed by atoms with E-state index in [4.69, 9.17) is 0 Å². The maximum atomic E-state index is 11.9. The Kier molecular flexibility index (Phi) is 4.79. The second-order valence-corrected chi connectivity index (χ2v) is 4.72. The molecule has 1 aliphatic carbocycles. The van der Waals surface area contributed by atoms with Gasteiger partial charge in [-0.1, -0.05) is 33.1 Å². The summed E-state index contributed by atoms with van der Waals surface area (Å²) in [5.74, 6) is 0.539. The van der Waals surface area contributed by atoms with Gasteiger partial charge in [-0.15, -0.1) is 0 Å². The van der Waals surface area contributed by atoms with E-state index in [1.165, 1.54) is 19.3 Å². The molecule has 3 nitrogen and oxygen atoms in total. The third-order valence-electron chi connectivity index (χ3n) is 3.24. The van der Waals surface area contributed by atoms with Crippen molar-refractivity contribution in [3.05, 3.63) is 0 Å². The summed E-state index contributed by atoms with van der Waals surface area (Å²) in [6, 6.07) is -0.247. The molecule has 0 saturated heterocycles. The third-order valence-corrected chi connectivity index (χ3v) is 3.24. The van der Waals surface area contributed by atoms with Crippen molar-refractivity contribution in [3.63, 3.8) is 0 Å². The zero-order valence-corrected chi connectivity index (χ0v) is 9.66. The lowest BCUT2D eigenvalue weighted by atomic mass is 9.80. The first-order valence-corrected chi connectivity index (χ1v) is 5.90. The Hall–Kier alpha value is -0.860. The quantitative estimate of drug-likeness (QED) is 0.706. The Balaban J connectivity index is 2.62. The van der Waals surface area contributed by atoms with Gasteiger partial charge >= 0.3 is 0 Å². The van der Waals surface area contributed by atoms with Gasteiger partial charge in [-0.05, 0) is 18.8 Å². The van der Waals surface area contributed by atoms with Crippen molar-refractivity contribution in [3.8, 4) is 0 Å².